The summed E-state index contributed by atoms with van der Waals surface area (Å²) in [6.07, 6.45) is -4.04. The fourth-order valence-corrected chi connectivity index (χ4v) is 2.82. The number of hydrogen-bond donors (Lipinski definition) is 1. The lowest BCUT2D eigenvalue weighted by Gasteiger charge is -2.10. The molecule has 3 aromatic rings. The average molecular weight is 437 g/mol. The van der Waals surface area contributed by atoms with Crippen molar-refractivity contribution in [3.05, 3.63) is 77.1 Å². The van der Waals surface area contributed by atoms with E-state index < -0.39 is 34.9 Å². The van der Waals surface area contributed by atoms with Gasteiger partial charge in [0.25, 0.3) is 0 Å². The van der Waals surface area contributed by atoms with E-state index in [1.165, 1.54) is 18.2 Å². The van der Waals surface area contributed by atoms with Gasteiger partial charge in [0.1, 0.15) is 17.9 Å². The lowest BCUT2D eigenvalue weighted by atomic mass is 10.0. The fraction of sp³-hybridized carbons (Fsp3) is 0.190. The molecule has 0 saturated heterocycles. The molecular formula is C21H16F5N3O2. The summed E-state index contributed by atoms with van der Waals surface area (Å²) in [5, 5.41) is 2.73. The molecule has 162 valence electrons. The molecule has 1 heterocycles. The van der Waals surface area contributed by atoms with Gasteiger partial charge in [0.2, 0.25) is 11.6 Å². The number of nitrogens with zero attached hydrogens (tertiary/aromatic N) is 2. The minimum atomic E-state index is -4.53. The standard InChI is InChI=1S/C21H16F5N3O2/c1-27-18-10-19(29-11-28-18)31-20-16(22)8-13(9-17(20)23)7-15(30)6-12-3-2-4-14(5-12)21(24,25)26/h2-5,8-11H,6-7H2,1H3,(H,27,28,29). The number of benzene rings is 2. The Morgan fingerprint density at radius 3 is 2.32 bits per heavy atom. The normalized spacial score (nSPS) is 11.3. The van der Waals surface area contributed by atoms with Crippen LogP contribution in [0.5, 0.6) is 11.6 Å². The maximum atomic E-state index is 14.4. The summed E-state index contributed by atoms with van der Waals surface area (Å²) in [5.74, 6) is -3.01. The summed E-state index contributed by atoms with van der Waals surface area (Å²) in [5.41, 5.74) is -0.690. The van der Waals surface area contributed by atoms with E-state index in [1.54, 1.807) is 7.05 Å². The zero-order valence-corrected chi connectivity index (χ0v) is 16.1. The molecule has 31 heavy (non-hydrogen) atoms. The van der Waals surface area contributed by atoms with Gasteiger partial charge < -0.3 is 10.1 Å². The first-order chi connectivity index (χ1) is 14.7. The summed E-state index contributed by atoms with van der Waals surface area (Å²) in [4.78, 5) is 19.9. The average Bonchev–Trinajstić information content (AvgIpc) is 2.70. The highest BCUT2D eigenvalue weighted by atomic mass is 19.4. The lowest BCUT2D eigenvalue weighted by Crippen LogP contribution is -2.10. The summed E-state index contributed by atoms with van der Waals surface area (Å²) in [6.45, 7) is 0. The minimum Gasteiger partial charge on any atom is -0.433 e. The Hall–Kier alpha value is -3.56. The van der Waals surface area contributed by atoms with Crippen LogP contribution in [0.4, 0.5) is 27.8 Å². The predicted molar refractivity (Wildman–Crippen MR) is 102 cm³/mol. The number of carbonyl (C=O) groups excluding carboxylic acids is 1. The molecule has 0 spiro atoms. The third-order valence-corrected chi connectivity index (χ3v) is 4.22. The monoisotopic (exact) mass is 437 g/mol. The summed E-state index contributed by atoms with van der Waals surface area (Å²) < 4.78 is 72.3. The van der Waals surface area contributed by atoms with E-state index in [0.29, 0.717) is 5.82 Å². The quantitative estimate of drug-likeness (QED) is 0.530. The van der Waals surface area contributed by atoms with Crippen molar-refractivity contribution in [1.29, 1.82) is 0 Å². The van der Waals surface area contributed by atoms with Gasteiger partial charge in [-0.15, -0.1) is 0 Å². The smallest absolute Gasteiger partial charge is 0.416 e. The second-order valence-corrected chi connectivity index (χ2v) is 6.57. The van der Waals surface area contributed by atoms with Crippen LogP contribution in [0.1, 0.15) is 16.7 Å². The molecule has 0 bridgehead atoms. The van der Waals surface area contributed by atoms with Crippen LogP contribution in [0.15, 0.2) is 48.8 Å². The number of carbonyl (C=O) groups is 1. The third-order valence-electron chi connectivity index (χ3n) is 4.22. The molecule has 1 N–H and O–H groups in total. The first kappa shape index (κ1) is 22.1. The molecule has 3 rings (SSSR count). The van der Waals surface area contributed by atoms with Gasteiger partial charge in [0.15, 0.2) is 11.6 Å². The molecule has 10 heteroatoms. The van der Waals surface area contributed by atoms with Crippen molar-refractivity contribution in [3.63, 3.8) is 0 Å². The zero-order valence-electron chi connectivity index (χ0n) is 16.1. The van der Waals surface area contributed by atoms with Crippen LogP contribution >= 0.6 is 0 Å². The molecule has 0 fully saturated rings. The van der Waals surface area contributed by atoms with Crippen LogP contribution in [0.3, 0.4) is 0 Å². The summed E-state index contributed by atoms with van der Waals surface area (Å²) >= 11 is 0. The largest absolute Gasteiger partial charge is 0.433 e. The highest BCUT2D eigenvalue weighted by Crippen LogP contribution is 2.30. The first-order valence-electron chi connectivity index (χ1n) is 8.99. The molecule has 0 atom stereocenters. The number of ether oxygens (including phenoxy) is 1. The minimum absolute atomic E-state index is 0.0259. The lowest BCUT2D eigenvalue weighted by molar-refractivity contribution is -0.137. The molecular weight excluding hydrogens is 421 g/mol. The van der Waals surface area contributed by atoms with Crippen molar-refractivity contribution in [2.45, 2.75) is 19.0 Å². The van der Waals surface area contributed by atoms with Crippen molar-refractivity contribution < 1.29 is 31.5 Å². The van der Waals surface area contributed by atoms with Crippen molar-refractivity contribution in [3.8, 4) is 11.6 Å². The van der Waals surface area contributed by atoms with Gasteiger partial charge in [-0.25, -0.2) is 18.7 Å². The molecule has 0 aliphatic rings. The maximum absolute atomic E-state index is 14.4. The zero-order chi connectivity index (χ0) is 22.6. The number of rotatable bonds is 7. The van der Waals surface area contributed by atoms with E-state index in [2.05, 4.69) is 15.3 Å². The van der Waals surface area contributed by atoms with Gasteiger partial charge in [-0.2, -0.15) is 13.2 Å². The van der Waals surface area contributed by atoms with E-state index in [9.17, 15) is 26.7 Å². The van der Waals surface area contributed by atoms with E-state index in [1.807, 2.05) is 0 Å². The molecule has 0 aliphatic carbocycles. The topological polar surface area (TPSA) is 64.1 Å². The Morgan fingerprint density at radius 2 is 1.68 bits per heavy atom. The molecule has 0 amide bonds. The Labute approximate surface area is 173 Å². The van der Waals surface area contributed by atoms with Gasteiger partial charge >= 0.3 is 6.18 Å². The van der Waals surface area contributed by atoms with Crippen LogP contribution in [0.2, 0.25) is 0 Å². The Bertz CT molecular complexity index is 1080. The number of Topliss-reactive ketones (excluding diaryl/α,β-unsaturated/α-hetero) is 1. The van der Waals surface area contributed by atoms with Crippen LogP contribution in [0, 0.1) is 11.6 Å². The maximum Gasteiger partial charge on any atom is 0.416 e. The first-order valence-corrected chi connectivity index (χ1v) is 8.99. The van der Waals surface area contributed by atoms with Crippen molar-refractivity contribution >= 4 is 11.6 Å². The van der Waals surface area contributed by atoms with Crippen LogP contribution < -0.4 is 10.1 Å². The molecule has 0 saturated carbocycles. The number of aromatic nitrogens is 2. The van der Waals surface area contributed by atoms with Gasteiger partial charge in [-0.3, -0.25) is 4.79 Å². The number of nitrogens with one attached hydrogen (secondary N) is 1. The van der Waals surface area contributed by atoms with Crippen LogP contribution in [-0.2, 0) is 23.8 Å². The molecule has 2 aromatic carbocycles. The van der Waals surface area contributed by atoms with E-state index in [4.69, 9.17) is 4.74 Å². The highest BCUT2D eigenvalue weighted by Gasteiger charge is 2.30. The van der Waals surface area contributed by atoms with Gasteiger partial charge in [0, 0.05) is 26.0 Å². The fourth-order valence-electron chi connectivity index (χ4n) is 2.82. The Morgan fingerprint density at radius 1 is 1.00 bits per heavy atom. The van der Waals surface area contributed by atoms with Gasteiger partial charge in [-0.1, -0.05) is 18.2 Å². The number of halogens is 5. The molecule has 0 aliphatic heterocycles. The van der Waals surface area contributed by atoms with Crippen LogP contribution in [-0.4, -0.2) is 22.8 Å². The number of anilines is 1. The number of alkyl halides is 3. The molecule has 5 nitrogen and oxygen atoms in total. The third kappa shape index (κ3) is 5.74. The van der Waals surface area contributed by atoms with Gasteiger partial charge in [-0.05, 0) is 29.3 Å². The van der Waals surface area contributed by atoms with Crippen molar-refractivity contribution in [1.82, 2.24) is 9.97 Å². The highest BCUT2D eigenvalue weighted by molar-refractivity contribution is 5.83. The summed E-state index contributed by atoms with van der Waals surface area (Å²) in [7, 11) is 1.60. The number of ketones is 1. The summed E-state index contributed by atoms with van der Waals surface area (Å²) in [6, 6.07) is 7.55. The Kier molecular flexibility index (Phi) is 6.47. The second kappa shape index (κ2) is 9.07. The predicted octanol–water partition coefficient (Wildman–Crippen LogP) is 4.96. The Balaban J connectivity index is 1.72. The molecule has 0 unspecified atom stereocenters. The number of hydrogen-bond acceptors (Lipinski definition) is 5. The van der Waals surface area contributed by atoms with Crippen LogP contribution in [0.25, 0.3) is 0 Å². The SMILES string of the molecule is CNc1cc(Oc2c(F)cc(CC(=O)Cc3cccc(C(F)(F)F)c3)cc2F)ncn1. The van der Waals surface area contributed by atoms with Crippen molar-refractivity contribution in [2.75, 3.05) is 12.4 Å². The second-order valence-electron chi connectivity index (χ2n) is 6.57. The van der Waals surface area contributed by atoms with Crippen molar-refractivity contribution in [2.24, 2.45) is 0 Å². The van der Waals surface area contributed by atoms with E-state index in [0.717, 1.165) is 30.6 Å². The van der Waals surface area contributed by atoms with Gasteiger partial charge in [0.05, 0.1) is 5.56 Å². The molecule has 0 radical (unpaired) electrons. The molecule has 1 aromatic heterocycles. The van der Waals surface area contributed by atoms with E-state index in [-0.39, 0.29) is 29.8 Å². The van der Waals surface area contributed by atoms with E-state index >= 15 is 0 Å².